The molecule has 2 aromatic rings. The zero-order chi connectivity index (χ0) is 22.1. The number of ether oxygens (including phenoxy) is 1. The topological polar surface area (TPSA) is 74.7 Å². The lowest BCUT2D eigenvalue weighted by Crippen LogP contribution is -2.42. The molecule has 176 valence electrons. The van der Waals surface area contributed by atoms with Gasteiger partial charge >= 0.3 is 6.18 Å². The van der Waals surface area contributed by atoms with Crippen LogP contribution in [0.25, 0.3) is 0 Å². The Morgan fingerprint density at radius 1 is 1.22 bits per heavy atom. The van der Waals surface area contributed by atoms with Gasteiger partial charge in [-0.25, -0.2) is 9.97 Å². The van der Waals surface area contributed by atoms with Crippen LogP contribution in [0.4, 0.5) is 19.1 Å². The molecule has 0 saturated carbocycles. The Labute approximate surface area is 202 Å². The van der Waals surface area contributed by atoms with Crippen molar-refractivity contribution < 1.29 is 17.9 Å². The van der Waals surface area contributed by atoms with Crippen LogP contribution in [0.3, 0.4) is 0 Å². The first-order chi connectivity index (χ1) is 15.0. The van der Waals surface area contributed by atoms with Crippen LogP contribution in [-0.4, -0.2) is 60.7 Å². The molecule has 2 heterocycles. The van der Waals surface area contributed by atoms with E-state index in [1.165, 1.54) is 0 Å². The average molecular weight is 564 g/mol. The van der Waals surface area contributed by atoms with Gasteiger partial charge in [-0.2, -0.15) is 13.2 Å². The summed E-state index contributed by atoms with van der Waals surface area (Å²) < 4.78 is 44.0. The molecule has 1 aromatic heterocycles. The van der Waals surface area contributed by atoms with E-state index < -0.39 is 11.9 Å². The fourth-order valence-corrected chi connectivity index (χ4v) is 3.36. The maximum atomic E-state index is 12.7. The molecule has 0 aliphatic carbocycles. The molecule has 0 amide bonds. The number of alkyl halides is 3. The summed E-state index contributed by atoms with van der Waals surface area (Å²) in [4.78, 5) is 13.8. The molecule has 11 heteroatoms. The van der Waals surface area contributed by atoms with Gasteiger partial charge in [0.25, 0.3) is 0 Å². The van der Waals surface area contributed by atoms with Crippen LogP contribution in [0.2, 0.25) is 0 Å². The monoisotopic (exact) mass is 564 g/mol. The fourth-order valence-electron chi connectivity index (χ4n) is 3.36. The SMILES string of the molecule is CN=C(NCCNc1nccc(C(F)(F)F)n1)N1CCC(COCc2ccccc2)C1.I. The van der Waals surface area contributed by atoms with Crippen LogP contribution >= 0.6 is 24.0 Å². The van der Waals surface area contributed by atoms with E-state index in [1.807, 2.05) is 30.3 Å². The van der Waals surface area contributed by atoms with Crippen molar-refractivity contribution in [2.75, 3.05) is 45.2 Å². The van der Waals surface area contributed by atoms with E-state index in [9.17, 15) is 13.2 Å². The molecule has 0 bridgehead atoms. The van der Waals surface area contributed by atoms with Gasteiger partial charge in [-0.1, -0.05) is 30.3 Å². The molecule has 0 radical (unpaired) electrons. The van der Waals surface area contributed by atoms with Gasteiger partial charge in [-0.3, -0.25) is 4.99 Å². The molecule has 1 aliphatic heterocycles. The van der Waals surface area contributed by atoms with Gasteiger partial charge in [-0.05, 0) is 18.1 Å². The molecule has 1 atom stereocenters. The van der Waals surface area contributed by atoms with E-state index in [4.69, 9.17) is 4.74 Å². The predicted molar refractivity (Wildman–Crippen MR) is 128 cm³/mol. The van der Waals surface area contributed by atoms with E-state index in [0.29, 0.717) is 32.2 Å². The Morgan fingerprint density at radius 2 is 2.00 bits per heavy atom. The lowest BCUT2D eigenvalue weighted by Gasteiger charge is -2.22. The quantitative estimate of drug-likeness (QED) is 0.221. The van der Waals surface area contributed by atoms with Gasteiger partial charge in [0, 0.05) is 45.3 Å². The summed E-state index contributed by atoms with van der Waals surface area (Å²) in [6.45, 7) is 3.85. The maximum Gasteiger partial charge on any atom is 0.433 e. The molecule has 1 aliphatic rings. The minimum absolute atomic E-state index is 0. The average Bonchev–Trinajstić information content (AvgIpc) is 3.23. The van der Waals surface area contributed by atoms with Crippen LogP contribution in [0.15, 0.2) is 47.6 Å². The first-order valence-electron chi connectivity index (χ1n) is 10.2. The number of aliphatic imine (C=N–C) groups is 1. The molecule has 32 heavy (non-hydrogen) atoms. The number of rotatable bonds is 8. The Bertz CT molecular complexity index is 853. The van der Waals surface area contributed by atoms with Crippen molar-refractivity contribution in [1.29, 1.82) is 0 Å². The molecular weight excluding hydrogens is 536 g/mol. The first-order valence-corrected chi connectivity index (χ1v) is 10.2. The third-order valence-corrected chi connectivity index (χ3v) is 4.90. The summed E-state index contributed by atoms with van der Waals surface area (Å²) in [5.74, 6) is 1.14. The largest absolute Gasteiger partial charge is 0.433 e. The summed E-state index contributed by atoms with van der Waals surface area (Å²) in [5.41, 5.74) is 0.193. The van der Waals surface area contributed by atoms with Crippen LogP contribution < -0.4 is 10.6 Å². The maximum absolute atomic E-state index is 12.7. The van der Waals surface area contributed by atoms with Crippen LogP contribution in [-0.2, 0) is 17.5 Å². The van der Waals surface area contributed by atoms with Crippen molar-refractivity contribution in [2.45, 2.75) is 19.2 Å². The number of anilines is 1. The van der Waals surface area contributed by atoms with E-state index in [2.05, 4.69) is 30.5 Å². The Balaban J connectivity index is 0.00000363. The normalized spacial score (nSPS) is 16.6. The summed E-state index contributed by atoms with van der Waals surface area (Å²) in [6, 6.07) is 10.9. The Hall–Kier alpha value is -2.15. The van der Waals surface area contributed by atoms with E-state index in [-0.39, 0.29) is 29.9 Å². The van der Waals surface area contributed by atoms with Crippen LogP contribution in [0.1, 0.15) is 17.7 Å². The second-order valence-electron chi connectivity index (χ2n) is 7.27. The minimum atomic E-state index is -4.49. The zero-order valence-corrected chi connectivity index (χ0v) is 20.1. The van der Waals surface area contributed by atoms with Crippen molar-refractivity contribution in [2.24, 2.45) is 10.9 Å². The lowest BCUT2D eigenvalue weighted by atomic mass is 10.1. The zero-order valence-electron chi connectivity index (χ0n) is 17.8. The molecule has 7 nitrogen and oxygen atoms in total. The number of halogens is 4. The minimum Gasteiger partial charge on any atom is -0.376 e. The highest BCUT2D eigenvalue weighted by Gasteiger charge is 2.32. The number of likely N-dealkylation sites (tertiary alicyclic amines) is 1. The second-order valence-corrected chi connectivity index (χ2v) is 7.27. The van der Waals surface area contributed by atoms with Crippen molar-refractivity contribution in [3.63, 3.8) is 0 Å². The lowest BCUT2D eigenvalue weighted by molar-refractivity contribution is -0.141. The molecule has 0 spiro atoms. The number of benzene rings is 1. The van der Waals surface area contributed by atoms with Gasteiger partial charge in [0.2, 0.25) is 5.95 Å². The molecular formula is C21H28F3IN6O. The first kappa shape index (κ1) is 26.1. The summed E-state index contributed by atoms with van der Waals surface area (Å²) in [6.07, 6.45) is -2.38. The summed E-state index contributed by atoms with van der Waals surface area (Å²) in [7, 11) is 1.71. The van der Waals surface area contributed by atoms with Gasteiger partial charge in [0.15, 0.2) is 5.96 Å². The second kappa shape index (κ2) is 12.8. The number of aromatic nitrogens is 2. The fraction of sp³-hybridized carbons (Fsp3) is 0.476. The standard InChI is InChI=1S/C21H27F3N6O.HI/c1-25-20(28-11-10-27-19-26-9-7-18(29-19)21(22,23)24)30-12-8-17(13-30)15-31-14-16-5-3-2-4-6-16;/h2-7,9,17H,8,10-15H2,1H3,(H,25,28)(H,26,27,29);1H. The van der Waals surface area contributed by atoms with Crippen molar-refractivity contribution in [3.05, 3.63) is 53.9 Å². The number of hydrogen-bond donors (Lipinski definition) is 2. The molecule has 2 N–H and O–H groups in total. The van der Waals surface area contributed by atoms with Crippen molar-refractivity contribution in [1.82, 2.24) is 20.2 Å². The van der Waals surface area contributed by atoms with E-state index in [0.717, 1.165) is 43.3 Å². The van der Waals surface area contributed by atoms with E-state index >= 15 is 0 Å². The number of guanidine groups is 1. The highest BCUT2D eigenvalue weighted by molar-refractivity contribution is 14.0. The number of nitrogens with one attached hydrogen (secondary N) is 2. The molecule has 3 rings (SSSR count). The molecule has 1 fully saturated rings. The van der Waals surface area contributed by atoms with Gasteiger partial charge in [0.05, 0.1) is 13.2 Å². The number of hydrogen-bond acceptors (Lipinski definition) is 5. The van der Waals surface area contributed by atoms with Gasteiger partial charge < -0.3 is 20.3 Å². The summed E-state index contributed by atoms with van der Waals surface area (Å²) >= 11 is 0. The molecule has 1 saturated heterocycles. The summed E-state index contributed by atoms with van der Waals surface area (Å²) in [5, 5.41) is 6.02. The highest BCUT2D eigenvalue weighted by Crippen LogP contribution is 2.27. The Kier molecular flexibility index (Phi) is 10.4. The van der Waals surface area contributed by atoms with Crippen LogP contribution in [0, 0.1) is 5.92 Å². The van der Waals surface area contributed by atoms with Gasteiger partial charge in [-0.15, -0.1) is 24.0 Å². The molecule has 1 unspecified atom stereocenters. The van der Waals surface area contributed by atoms with Crippen LogP contribution in [0.5, 0.6) is 0 Å². The Morgan fingerprint density at radius 3 is 2.72 bits per heavy atom. The third-order valence-electron chi connectivity index (χ3n) is 4.90. The third kappa shape index (κ3) is 8.08. The smallest absolute Gasteiger partial charge is 0.376 e. The van der Waals surface area contributed by atoms with E-state index in [1.54, 1.807) is 7.05 Å². The van der Waals surface area contributed by atoms with Crippen molar-refractivity contribution in [3.8, 4) is 0 Å². The van der Waals surface area contributed by atoms with Gasteiger partial charge in [0.1, 0.15) is 5.69 Å². The van der Waals surface area contributed by atoms with Crippen molar-refractivity contribution >= 4 is 35.9 Å². The highest BCUT2D eigenvalue weighted by atomic mass is 127. The molecule has 1 aromatic carbocycles. The predicted octanol–water partition coefficient (Wildman–Crippen LogP) is 3.64. The number of nitrogens with zero attached hydrogens (tertiary/aromatic N) is 4.